The second-order valence-electron chi connectivity index (χ2n) is 9.01. The molecule has 0 aliphatic heterocycles. The lowest BCUT2D eigenvalue weighted by Gasteiger charge is -2.35. The van der Waals surface area contributed by atoms with Crippen molar-refractivity contribution in [3.8, 4) is 5.88 Å². The summed E-state index contributed by atoms with van der Waals surface area (Å²) in [5.74, 6) is 0.414. The van der Waals surface area contributed by atoms with Crippen LogP contribution in [-0.2, 0) is 0 Å². The Hall–Kier alpha value is -1.76. The summed E-state index contributed by atoms with van der Waals surface area (Å²) in [4.78, 5) is 7.34. The lowest BCUT2D eigenvalue weighted by atomic mass is 9.82. The maximum atomic E-state index is 12.5. The van der Waals surface area contributed by atoms with E-state index in [1.165, 1.54) is 6.20 Å². The standard InChI is InChI=1S/C21H30F3N3O/c1-13(20(2,3)4)26-15-7-5-14(6-8-15)18-11-16-17(27-18)9-10-25-19(16)28-12-21(22,23)24/h9-11,13-15,26-27H,5-8,12H2,1-4H3. The average Bonchev–Trinajstić information content (AvgIpc) is 3.03. The van der Waals surface area contributed by atoms with Gasteiger partial charge in [0.2, 0.25) is 5.88 Å². The minimum absolute atomic E-state index is 0.0340. The van der Waals surface area contributed by atoms with E-state index in [1.807, 2.05) is 6.07 Å². The predicted octanol–water partition coefficient (Wildman–Crippen LogP) is 5.55. The molecule has 28 heavy (non-hydrogen) atoms. The number of aromatic amines is 1. The van der Waals surface area contributed by atoms with Gasteiger partial charge in [0.15, 0.2) is 6.61 Å². The Bertz CT molecular complexity index is 786. The third-order valence-corrected chi connectivity index (χ3v) is 5.86. The minimum atomic E-state index is -4.38. The van der Waals surface area contributed by atoms with Crippen LogP contribution in [0.25, 0.3) is 10.9 Å². The van der Waals surface area contributed by atoms with E-state index in [-0.39, 0.29) is 11.3 Å². The van der Waals surface area contributed by atoms with Crippen molar-refractivity contribution in [1.29, 1.82) is 0 Å². The van der Waals surface area contributed by atoms with E-state index in [9.17, 15) is 13.2 Å². The average molecular weight is 397 g/mol. The van der Waals surface area contributed by atoms with Gasteiger partial charge in [-0.3, -0.25) is 0 Å². The molecule has 0 bridgehead atoms. The highest BCUT2D eigenvalue weighted by atomic mass is 19.4. The summed E-state index contributed by atoms with van der Waals surface area (Å²) in [5, 5.41) is 4.36. The van der Waals surface area contributed by atoms with Gasteiger partial charge in [0.25, 0.3) is 0 Å². The van der Waals surface area contributed by atoms with Crippen LogP contribution in [0.4, 0.5) is 13.2 Å². The summed E-state index contributed by atoms with van der Waals surface area (Å²) in [6.45, 7) is 7.63. The first-order valence-corrected chi connectivity index (χ1v) is 9.96. The lowest BCUT2D eigenvalue weighted by molar-refractivity contribution is -0.153. The number of hydrogen-bond acceptors (Lipinski definition) is 3. The van der Waals surface area contributed by atoms with Crippen LogP contribution in [0.5, 0.6) is 5.88 Å². The number of nitrogens with zero attached hydrogens (tertiary/aromatic N) is 1. The Morgan fingerprint density at radius 3 is 2.50 bits per heavy atom. The lowest BCUT2D eigenvalue weighted by Crippen LogP contribution is -2.45. The van der Waals surface area contributed by atoms with Crippen molar-refractivity contribution in [2.75, 3.05) is 6.61 Å². The van der Waals surface area contributed by atoms with Crippen molar-refractivity contribution in [3.05, 3.63) is 24.0 Å². The third-order valence-electron chi connectivity index (χ3n) is 5.86. The highest BCUT2D eigenvalue weighted by Gasteiger charge is 2.30. The van der Waals surface area contributed by atoms with Crippen LogP contribution in [0.1, 0.15) is 65.0 Å². The molecular weight excluding hydrogens is 367 g/mol. The first kappa shape index (κ1) is 21.0. The fourth-order valence-electron chi connectivity index (χ4n) is 3.71. The molecule has 1 saturated carbocycles. The SMILES string of the molecule is CC(NC1CCC(c2cc3c(OCC(F)(F)F)nccc3[nH]2)CC1)C(C)(C)C. The van der Waals surface area contributed by atoms with Crippen molar-refractivity contribution in [2.45, 2.75) is 77.6 Å². The van der Waals surface area contributed by atoms with Crippen LogP contribution in [-0.4, -0.2) is 34.8 Å². The van der Waals surface area contributed by atoms with E-state index < -0.39 is 12.8 Å². The molecule has 1 atom stereocenters. The molecule has 1 aliphatic carbocycles. The molecule has 1 aliphatic rings. The number of pyridine rings is 1. The predicted molar refractivity (Wildman–Crippen MR) is 105 cm³/mol. The van der Waals surface area contributed by atoms with Gasteiger partial charge in [0.05, 0.1) is 10.9 Å². The second kappa shape index (κ2) is 7.93. The number of alkyl halides is 3. The van der Waals surface area contributed by atoms with Gasteiger partial charge in [0.1, 0.15) is 0 Å². The van der Waals surface area contributed by atoms with Gasteiger partial charge in [-0.2, -0.15) is 13.2 Å². The summed E-state index contributed by atoms with van der Waals surface area (Å²) in [6.07, 6.45) is 1.38. The maximum absolute atomic E-state index is 12.5. The van der Waals surface area contributed by atoms with Crippen LogP contribution in [0.3, 0.4) is 0 Å². The summed E-state index contributed by atoms with van der Waals surface area (Å²) in [5.41, 5.74) is 2.05. The number of rotatable bonds is 5. The van der Waals surface area contributed by atoms with E-state index in [4.69, 9.17) is 4.74 Å². The third kappa shape index (κ3) is 5.19. The molecule has 4 nitrogen and oxygen atoms in total. The number of halogens is 3. The zero-order valence-electron chi connectivity index (χ0n) is 17.0. The number of aromatic nitrogens is 2. The van der Waals surface area contributed by atoms with Crippen LogP contribution in [0.15, 0.2) is 18.3 Å². The highest BCUT2D eigenvalue weighted by molar-refractivity contribution is 5.85. The number of H-pyrrole nitrogens is 1. The van der Waals surface area contributed by atoms with E-state index in [1.54, 1.807) is 6.07 Å². The fraction of sp³-hybridized carbons (Fsp3) is 0.667. The fourth-order valence-corrected chi connectivity index (χ4v) is 3.71. The second-order valence-corrected chi connectivity index (χ2v) is 9.01. The van der Waals surface area contributed by atoms with Gasteiger partial charge in [-0.25, -0.2) is 4.98 Å². The van der Waals surface area contributed by atoms with Gasteiger partial charge < -0.3 is 15.0 Å². The van der Waals surface area contributed by atoms with E-state index in [2.05, 4.69) is 43.0 Å². The minimum Gasteiger partial charge on any atom is -0.468 e. The van der Waals surface area contributed by atoms with Gasteiger partial charge in [-0.05, 0) is 56.1 Å². The largest absolute Gasteiger partial charge is 0.468 e. The van der Waals surface area contributed by atoms with Gasteiger partial charge in [-0.15, -0.1) is 0 Å². The molecule has 2 heterocycles. The Morgan fingerprint density at radius 1 is 1.21 bits per heavy atom. The quantitative estimate of drug-likeness (QED) is 0.695. The molecule has 156 valence electrons. The van der Waals surface area contributed by atoms with Gasteiger partial charge in [0, 0.05) is 24.0 Å². The molecule has 3 rings (SSSR count). The van der Waals surface area contributed by atoms with Gasteiger partial charge >= 0.3 is 6.18 Å². The molecule has 2 N–H and O–H groups in total. The van der Waals surface area contributed by atoms with Gasteiger partial charge in [-0.1, -0.05) is 20.8 Å². The van der Waals surface area contributed by atoms with Crippen molar-refractivity contribution in [1.82, 2.24) is 15.3 Å². The Balaban J connectivity index is 1.65. The smallest absolute Gasteiger partial charge is 0.422 e. The Morgan fingerprint density at radius 2 is 1.89 bits per heavy atom. The Labute approximate surface area is 164 Å². The van der Waals surface area contributed by atoms with Crippen LogP contribution >= 0.6 is 0 Å². The molecule has 0 amide bonds. The number of nitrogens with one attached hydrogen (secondary N) is 2. The monoisotopic (exact) mass is 397 g/mol. The molecule has 0 spiro atoms. The van der Waals surface area contributed by atoms with Crippen molar-refractivity contribution in [2.24, 2.45) is 5.41 Å². The summed E-state index contributed by atoms with van der Waals surface area (Å²) < 4.78 is 42.3. The molecule has 0 radical (unpaired) electrons. The molecule has 0 aromatic carbocycles. The summed E-state index contributed by atoms with van der Waals surface area (Å²) in [7, 11) is 0. The maximum Gasteiger partial charge on any atom is 0.422 e. The molecule has 7 heteroatoms. The van der Waals surface area contributed by atoms with E-state index >= 15 is 0 Å². The number of fused-ring (bicyclic) bond motifs is 1. The van der Waals surface area contributed by atoms with Crippen LogP contribution in [0.2, 0.25) is 0 Å². The molecule has 1 unspecified atom stereocenters. The molecule has 2 aromatic heterocycles. The zero-order chi connectivity index (χ0) is 20.5. The van der Waals surface area contributed by atoms with Crippen molar-refractivity contribution >= 4 is 10.9 Å². The topological polar surface area (TPSA) is 49.9 Å². The number of hydrogen-bond donors (Lipinski definition) is 2. The Kier molecular flexibility index (Phi) is 5.94. The van der Waals surface area contributed by atoms with E-state index in [0.29, 0.717) is 23.4 Å². The highest BCUT2D eigenvalue weighted by Crippen LogP contribution is 2.36. The normalized spacial score (nSPS) is 22.4. The van der Waals surface area contributed by atoms with Crippen molar-refractivity contribution in [3.63, 3.8) is 0 Å². The zero-order valence-corrected chi connectivity index (χ0v) is 17.0. The number of ether oxygens (including phenoxy) is 1. The first-order valence-electron chi connectivity index (χ1n) is 9.96. The molecule has 0 saturated heterocycles. The van der Waals surface area contributed by atoms with Crippen LogP contribution in [0, 0.1) is 5.41 Å². The molecule has 2 aromatic rings. The summed E-state index contributed by atoms with van der Waals surface area (Å²) >= 11 is 0. The molecular formula is C21H30F3N3O. The van der Waals surface area contributed by atoms with Crippen LogP contribution < -0.4 is 10.1 Å². The van der Waals surface area contributed by atoms with Crippen molar-refractivity contribution < 1.29 is 17.9 Å². The molecule has 1 fully saturated rings. The summed E-state index contributed by atoms with van der Waals surface area (Å²) in [6, 6.07) is 4.64. The first-order chi connectivity index (χ1) is 13.0. The van der Waals surface area contributed by atoms with E-state index in [0.717, 1.165) is 36.9 Å².